The van der Waals surface area contributed by atoms with Crippen molar-refractivity contribution in [2.75, 3.05) is 23.8 Å². The first-order valence-corrected chi connectivity index (χ1v) is 13.0. The molecule has 6 N–H and O–H groups in total. The summed E-state index contributed by atoms with van der Waals surface area (Å²) in [5.41, 5.74) is 13.8. The van der Waals surface area contributed by atoms with Crippen molar-refractivity contribution in [1.82, 2.24) is 14.7 Å². The van der Waals surface area contributed by atoms with Gasteiger partial charge in [-0.15, -0.1) is 0 Å². The Morgan fingerprint density at radius 2 is 1.82 bits per heavy atom. The predicted molar refractivity (Wildman–Crippen MR) is 148 cm³/mol. The van der Waals surface area contributed by atoms with E-state index in [0.717, 1.165) is 29.0 Å². The highest BCUT2D eigenvalue weighted by atomic mass is 32.1. The van der Waals surface area contributed by atoms with Crippen LogP contribution in [0.25, 0.3) is 10.9 Å². The van der Waals surface area contributed by atoms with Crippen molar-refractivity contribution in [2.45, 2.75) is 26.3 Å². The van der Waals surface area contributed by atoms with Crippen LogP contribution < -0.4 is 21.7 Å². The van der Waals surface area contributed by atoms with Gasteiger partial charge in [0.1, 0.15) is 17.5 Å². The van der Waals surface area contributed by atoms with Crippen LogP contribution in [0.15, 0.2) is 54.7 Å². The van der Waals surface area contributed by atoms with Gasteiger partial charge in [0.2, 0.25) is 5.91 Å². The number of H-pyrrole nitrogens is 1. The number of aryl methyl sites for hydroxylation is 1. The normalized spacial score (nSPS) is 11.6. The zero-order chi connectivity index (χ0) is 28.1. The topological polar surface area (TPSA) is 174 Å². The molecule has 0 saturated heterocycles. The first-order chi connectivity index (χ1) is 18.8. The fourth-order valence-corrected chi connectivity index (χ4v) is 4.94. The lowest BCUT2D eigenvalue weighted by Crippen LogP contribution is -2.45. The van der Waals surface area contributed by atoms with Crippen molar-refractivity contribution in [3.63, 3.8) is 0 Å². The summed E-state index contributed by atoms with van der Waals surface area (Å²) in [5, 5.41) is 3.30. The number of carbonyl (C=O) groups excluding carboxylic acids is 4. The number of primary amides is 1. The van der Waals surface area contributed by atoms with Crippen molar-refractivity contribution in [1.29, 1.82) is 0 Å². The van der Waals surface area contributed by atoms with Crippen molar-refractivity contribution in [2.24, 2.45) is 5.73 Å². The standard InChI is InChI=1S/C27H28N6O5S/c1-3-15-9-11-16(12-10-15)33(27(37)24-21(28)22(25(29)35)32-39-24)23(26(36)31-14-20(34)38-4-2)18-13-30-19-8-6-5-7-17(18)19/h5-13,23,30H,3-4,14,28H2,1-2H3,(H2,29,35)(H,31,36)/t23-/m0/s1. The number of para-hydroxylation sites is 1. The summed E-state index contributed by atoms with van der Waals surface area (Å²) in [5.74, 6) is -2.78. The number of nitrogen functional groups attached to an aromatic ring is 1. The van der Waals surface area contributed by atoms with Crippen LogP contribution in [0.3, 0.4) is 0 Å². The number of nitrogens with zero attached hydrogens (tertiary/aromatic N) is 2. The van der Waals surface area contributed by atoms with Gasteiger partial charge in [0.15, 0.2) is 5.69 Å². The molecule has 4 rings (SSSR count). The summed E-state index contributed by atoms with van der Waals surface area (Å²) in [6.07, 6.45) is 2.41. The number of fused-ring (bicyclic) bond motifs is 1. The third-order valence-electron chi connectivity index (χ3n) is 6.13. The maximum atomic E-state index is 14.2. The number of aromatic amines is 1. The highest BCUT2D eigenvalue weighted by Crippen LogP contribution is 2.36. The third-order valence-corrected chi connectivity index (χ3v) is 6.98. The first kappa shape index (κ1) is 27.3. The van der Waals surface area contributed by atoms with Gasteiger partial charge in [-0.05, 0) is 48.6 Å². The third kappa shape index (κ3) is 5.60. The number of nitrogens with one attached hydrogen (secondary N) is 2. The van der Waals surface area contributed by atoms with Crippen LogP contribution in [0.4, 0.5) is 11.4 Å². The fraction of sp³-hybridized carbons (Fsp3) is 0.222. The van der Waals surface area contributed by atoms with Crippen molar-refractivity contribution >= 4 is 57.5 Å². The molecule has 0 saturated carbocycles. The second kappa shape index (κ2) is 11.8. The molecule has 0 aliphatic heterocycles. The Morgan fingerprint density at radius 1 is 1.10 bits per heavy atom. The average molecular weight is 549 g/mol. The summed E-state index contributed by atoms with van der Waals surface area (Å²) in [7, 11) is 0. The molecule has 2 heterocycles. The van der Waals surface area contributed by atoms with E-state index in [-0.39, 0.29) is 22.9 Å². The number of nitrogens with two attached hydrogens (primary N) is 2. The molecular formula is C27H28N6O5S. The van der Waals surface area contributed by atoms with E-state index in [4.69, 9.17) is 16.2 Å². The minimum absolute atomic E-state index is 0.0496. The summed E-state index contributed by atoms with van der Waals surface area (Å²) < 4.78 is 8.92. The van der Waals surface area contributed by atoms with Gasteiger partial charge in [-0.25, -0.2) is 0 Å². The fourth-order valence-electron chi connectivity index (χ4n) is 4.20. The molecule has 11 nitrogen and oxygen atoms in total. The zero-order valence-corrected chi connectivity index (χ0v) is 22.2. The van der Waals surface area contributed by atoms with E-state index in [1.54, 1.807) is 25.3 Å². The van der Waals surface area contributed by atoms with Crippen molar-refractivity contribution in [3.05, 3.63) is 76.4 Å². The molecule has 12 heteroatoms. The number of aromatic nitrogens is 2. The van der Waals surface area contributed by atoms with Gasteiger partial charge in [0.25, 0.3) is 11.8 Å². The maximum absolute atomic E-state index is 14.2. The second-order valence-corrected chi connectivity index (χ2v) is 9.32. The molecule has 0 spiro atoms. The molecular weight excluding hydrogens is 520 g/mol. The van der Waals surface area contributed by atoms with Gasteiger partial charge in [0.05, 0.1) is 12.3 Å². The number of anilines is 2. The second-order valence-electron chi connectivity index (χ2n) is 8.55. The minimum Gasteiger partial charge on any atom is -0.465 e. The van der Waals surface area contributed by atoms with E-state index >= 15 is 0 Å². The number of hydrogen-bond acceptors (Lipinski definition) is 8. The van der Waals surface area contributed by atoms with Gasteiger partial charge in [0, 0.05) is 28.4 Å². The highest BCUT2D eigenvalue weighted by molar-refractivity contribution is 7.09. The van der Waals surface area contributed by atoms with Crippen LogP contribution in [0.2, 0.25) is 0 Å². The molecule has 202 valence electrons. The summed E-state index contributed by atoms with van der Waals surface area (Å²) in [6, 6.07) is 13.2. The summed E-state index contributed by atoms with van der Waals surface area (Å²) >= 11 is 0.717. The van der Waals surface area contributed by atoms with E-state index in [1.165, 1.54) is 4.90 Å². The molecule has 0 unspecified atom stereocenters. The first-order valence-electron chi connectivity index (χ1n) is 12.2. The van der Waals surface area contributed by atoms with Crippen molar-refractivity contribution in [3.8, 4) is 0 Å². The molecule has 3 amide bonds. The molecule has 4 aromatic rings. The van der Waals surface area contributed by atoms with E-state index in [0.29, 0.717) is 16.6 Å². The zero-order valence-electron chi connectivity index (χ0n) is 21.4. The van der Waals surface area contributed by atoms with Crippen LogP contribution in [-0.4, -0.2) is 46.2 Å². The summed E-state index contributed by atoms with van der Waals surface area (Å²) in [6.45, 7) is 3.42. The SMILES string of the molecule is CCOC(=O)CNC(=O)[C@H](c1c[nH]c2ccccc12)N(C(=O)c1snc(C(N)=O)c1N)c1ccc(CC)cc1. The molecule has 0 aliphatic carbocycles. The van der Waals surface area contributed by atoms with Crippen LogP contribution in [0.1, 0.15) is 51.2 Å². The van der Waals surface area contributed by atoms with Gasteiger partial charge >= 0.3 is 5.97 Å². The van der Waals surface area contributed by atoms with Gasteiger partial charge in [-0.3, -0.25) is 24.1 Å². The van der Waals surface area contributed by atoms with E-state index in [2.05, 4.69) is 14.7 Å². The van der Waals surface area contributed by atoms with Crippen molar-refractivity contribution < 1.29 is 23.9 Å². The van der Waals surface area contributed by atoms with Crippen LogP contribution in [0.5, 0.6) is 0 Å². The Bertz CT molecular complexity index is 1530. The maximum Gasteiger partial charge on any atom is 0.325 e. The number of benzene rings is 2. The average Bonchev–Trinajstić information content (AvgIpc) is 3.54. The molecule has 39 heavy (non-hydrogen) atoms. The van der Waals surface area contributed by atoms with Gasteiger partial charge < -0.3 is 26.5 Å². The molecule has 2 aromatic heterocycles. The van der Waals surface area contributed by atoms with E-state index < -0.39 is 36.3 Å². The smallest absolute Gasteiger partial charge is 0.325 e. The van der Waals surface area contributed by atoms with Crippen LogP contribution in [-0.2, 0) is 20.7 Å². The monoisotopic (exact) mass is 548 g/mol. The van der Waals surface area contributed by atoms with E-state index in [9.17, 15) is 19.2 Å². The Labute approximate surface area is 228 Å². The largest absolute Gasteiger partial charge is 0.465 e. The number of rotatable bonds is 10. The van der Waals surface area contributed by atoms with Gasteiger partial charge in [-0.1, -0.05) is 37.3 Å². The number of ether oxygens (including phenoxy) is 1. The quantitative estimate of drug-likeness (QED) is 0.220. The minimum atomic E-state index is -1.24. The number of hydrogen-bond donors (Lipinski definition) is 4. The molecule has 1 atom stereocenters. The molecule has 0 fully saturated rings. The Kier molecular flexibility index (Phi) is 8.25. The molecule has 2 aromatic carbocycles. The predicted octanol–water partition coefficient (Wildman–Crippen LogP) is 2.94. The lowest BCUT2D eigenvalue weighted by Gasteiger charge is -2.31. The molecule has 0 bridgehead atoms. The molecule has 0 aliphatic rings. The van der Waals surface area contributed by atoms with Crippen LogP contribution >= 0.6 is 11.5 Å². The van der Waals surface area contributed by atoms with Gasteiger partial charge in [-0.2, -0.15) is 4.37 Å². The molecule has 0 radical (unpaired) electrons. The Balaban J connectivity index is 1.89. The number of amides is 3. The Hall–Kier alpha value is -4.71. The lowest BCUT2D eigenvalue weighted by atomic mass is 10.0. The lowest BCUT2D eigenvalue weighted by molar-refractivity contribution is -0.143. The number of carbonyl (C=O) groups is 4. The number of esters is 1. The Morgan fingerprint density at radius 3 is 2.46 bits per heavy atom. The summed E-state index contributed by atoms with van der Waals surface area (Å²) in [4.78, 5) is 56.2. The van der Waals surface area contributed by atoms with E-state index in [1.807, 2.05) is 43.3 Å². The highest BCUT2D eigenvalue weighted by Gasteiger charge is 2.37. The van der Waals surface area contributed by atoms with Crippen LogP contribution in [0, 0.1) is 0 Å².